The molecule has 14 heavy (non-hydrogen) atoms. The zero-order valence-electron chi connectivity index (χ0n) is 7.60. The van der Waals surface area contributed by atoms with Gasteiger partial charge in [0, 0.05) is 0 Å². The number of nitrogens with zero attached hydrogens (tertiary/aromatic N) is 2. The number of likely N-dealkylation sites (N-methyl/N-ethyl adjacent to an activating group) is 1. The maximum absolute atomic E-state index is 10.7. The summed E-state index contributed by atoms with van der Waals surface area (Å²) >= 11 is 0. The summed E-state index contributed by atoms with van der Waals surface area (Å²) in [5.74, 6) is 0. The first-order valence-corrected chi connectivity index (χ1v) is 5.59. The van der Waals surface area contributed by atoms with E-state index >= 15 is 0 Å². The van der Waals surface area contributed by atoms with Gasteiger partial charge in [0.1, 0.15) is 6.54 Å². The van der Waals surface area contributed by atoms with Crippen molar-refractivity contribution < 1.29 is 29.7 Å². The Bertz CT molecular complexity index is 227. The van der Waals surface area contributed by atoms with Crippen molar-refractivity contribution in [2.24, 2.45) is 4.99 Å². The van der Waals surface area contributed by atoms with Crippen molar-refractivity contribution in [2.75, 3.05) is 27.2 Å². The maximum atomic E-state index is 9.87. The molecule has 1 aliphatic heterocycles. The second-order valence-electron chi connectivity index (χ2n) is 3.48. The molecule has 88 valence electrons. The summed E-state index contributed by atoms with van der Waals surface area (Å²) in [5, 5.41) is 0. The molecule has 0 spiro atoms. The van der Waals surface area contributed by atoms with E-state index in [4.69, 9.17) is 0 Å². The molecule has 1 rings (SSSR count). The molecule has 0 aromatic carbocycles. The Morgan fingerprint density at radius 2 is 1.43 bits per heavy atom. The predicted octanol–water partition coefficient (Wildman–Crippen LogP) is 3.49. The minimum atomic E-state index is -10.7. The Balaban J connectivity index is 0.000000241. The summed E-state index contributed by atoms with van der Waals surface area (Å²) in [4.78, 5) is 4.08. The summed E-state index contributed by atoms with van der Waals surface area (Å²) in [7, 11) is -6.36. The van der Waals surface area contributed by atoms with Gasteiger partial charge in [0.15, 0.2) is 6.34 Å². The molecular formula is C5H11F6N2P. The predicted molar refractivity (Wildman–Crippen MR) is 43.9 cm³/mol. The van der Waals surface area contributed by atoms with E-state index < -0.39 is 7.81 Å². The molecule has 9 heteroatoms. The van der Waals surface area contributed by atoms with Gasteiger partial charge in [-0.2, -0.15) is 0 Å². The number of aliphatic imine (C=N–C) groups is 1. The van der Waals surface area contributed by atoms with Crippen molar-refractivity contribution in [3.05, 3.63) is 0 Å². The number of halogens is 6. The Morgan fingerprint density at radius 1 is 1.07 bits per heavy atom. The molecule has 2 nitrogen and oxygen atoms in total. The van der Waals surface area contributed by atoms with Crippen LogP contribution in [0.15, 0.2) is 4.99 Å². The average molecular weight is 244 g/mol. The van der Waals surface area contributed by atoms with Gasteiger partial charge in [-0.05, 0) is 0 Å². The van der Waals surface area contributed by atoms with Gasteiger partial charge in [-0.3, -0.25) is 4.48 Å². The third-order valence-corrected chi connectivity index (χ3v) is 1.20. The molecule has 1 aliphatic rings. The molecule has 0 bridgehead atoms. The minimum absolute atomic E-state index is 0.958. The second kappa shape index (κ2) is 2.82. The summed E-state index contributed by atoms with van der Waals surface area (Å²) in [6, 6.07) is 0. The van der Waals surface area contributed by atoms with Crippen LogP contribution in [-0.4, -0.2) is 38.0 Å². The van der Waals surface area contributed by atoms with Crippen LogP contribution < -0.4 is 0 Å². The van der Waals surface area contributed by atoms with Crippen molar-refractivity contribution in [3.63, 3.8) is 0 Å². The van der Waals surface area contributed by atoms with Gasteiger partial charge >= 0.3 is 33.0 Å². The molecule has 0 atom stereocenters. The van der Waals surface area contributed by atoms with Crippen molar-refractivity contribution in [2.45, 2.75) is 0 Å². The van der Waals surface area contributed by atoms with Crippen molar-refractivity contribution in [1.29, 1.82) is 0 Å². The summed E-state index contributed by atoms with van der Waals surface area (Å²) in [6.45, 7) is 2.17. The Hall–Kier alpha value is -0.360. The van der Waals surface area contributed by atoms with E-state index in [9.17, 15) is 25.2 Å². The zero-order chi connectivity index (χ0) is 11.7. The van der Waals surface area contributed by atoms with Crippen LogP contribution in [0.1, 0.15) is 0 Å². The van der Waals surface area contributed by atoms with E-state index in [-0.39, 0.29) is 0 Å². The van der Waals surface area contributed by atoms with Crippen molar-refractivity contribution in [1.82, 2.24) is 0 Å². The topological polar surface area (TPSA) is 12.4 Å². The first-order chi connectivity index (χ1) is 5.66. The Morgan fingerprint density at radius 3 is 1.50 bits per heavy atom. The van der Waals surface area contributed by atoms with Crippen LogP contribution in [0, 0.1) is 0 Å². The molecule has 0 saturated carbocycles. The molecule has 0 saturated heterocycles. The molecule has 1 heterocycles. The molecule has 0 aromatic rings. The van der Waals surface area contributed by atoms with Crippen molar-refractivity contribution >= 4 is 14.1 Å². The van der Waals surface area contributed by atoms with E-state index in [0.29, 0.717) is 0 Å². The third kappa shape index (κ3) is 17.7. The first kappa shape index (κ1) is 13.6. The average Bonchev–Trinajstić information content (AvgIpc) is 2.03. The molecular weight excluding hydrogens is 233 g/mol. The van der Waals surface area contributed by atoms with Crippen LogP contribution >= 0.6 is 7.81 Å². The van der Waals surface area contributed by atoms with Crippen LogP contribution in [0.5, 0.6) is 0 Å². The molecule has 0 radical (unpaired) electrons. The molecule has 0 aliphatic carbocycles. The molecule has 0 amide bonds. The van der Waals surface area contributed by atoms with E-state index in [1.807, 2.05) is 6.34 Å². The van der Waals surface area contributed by atoms with Crippen LogP contribution in [0.4, 0.5) is 25.2 Å². The summed E-state index contributed by atoms with van der Waals surface area (Å²) < 4.78 is 60.2. The fraction of sp³-hybridized carbons (Fsp3) is 0.800. The molecule has 0 aromatic heterocycles. The fourth-order valence-electron chi connectivity index (χ4n) is 0.652. The zero-order valence-corrected chi connectivity index (χ0v) is 8.50. The van der Waals surface area contributed by atoms with Gasteiger partial charge < -0.3 is 0 Å². The molecule has 0 unspecified atom stereocenters. The number of hydrogen-bond donors (Lipinski definition) is 0. The van der Waals surface area contributed by atoms with Gasteiger partial charge in [0.05, 0.1) is 20.6 Å². The van der Waals surface area contributed by atoms with Gasteiger partial charge in [-0.15, -0.1) is 0 Å². The monoisotopic (exact) mass is 244 g/mol. The van der Waals surface area contributed by atoms with Crippen LogP contribution in [-0.2, 0) is 0 Å². The summed E-state index contributed by atoms with van der Waals surface area (Å²) in [6.07, 6.45) is 1.99. The normalized spacial score (nSPS) is 24.6. The molecule has 0 fully saturated rings. The fourth-order valence-corrected chi connectivity index (χ4v) is 0.652. The van der Waals surface area contributed by atoms with Gasteiger partial charge in [0.2, 0.25) is 0 Å². The van der Waals surface area contributed by atoms with E-state index in [1.165, 1.54) is 6.54 Å². The first-order valence-electron chi connectivity index (χ1n) is 3.56. The van der Waals surface area contributed by atoms with Gasteiger partial charge in [-0.1, -0.05) is 0 Å². The molecule has 0 N–H and O–H groups in total. The van der Waals surface area contributed by atoms with Crippen LogP contribution in [0.25, 0.3) is 0 Å². The second-order valence-corrected chi connectivity index (χ2v) is 5.40. The van der Waals surface area contributed by atoms with Gasteiger partial charge in [0.25, 0.3) is 0 Å². The van der Waals surface area contributed by atoms with Gasteiger partial charge in [-0.25, -0.2) is 4.99 Å². The van der Waals surface area contributed by atoms with Crippen LogP contribution in [0.2, 0.25) is 0 Å². The van der Waals surface area contributed by atoms with E-state index in [0.717, 1.165) is 11.0 Å². The van der Waals surface area contributed by atoms with E-state index in [1.54, 1.807) is 0 Å². The van der Waals surface area contributed by atoms with E-state index in [2.05, 4.69) is 19.1 Å². The SMILES string of the molecule is C[N+]1(C)C=NCC1.F[P-](F)(F)(F)(F)F. The standard InChI is InChI=1S/C5H11N2.F6P/c1-7(2)4-3-6-5-7;1-7(2,3,4,5)6/h5H,3-4H2,1-2H3;/q+1;-1. The third-order valence-electron chi connectivity index (χ3n) is 1.20. The number of hydrogen-bond acceptors (Lipinski definition) is 1. The number of rotatable bonds is 0. The Labute approximate surface area is 77.0 Å². The number of quaternary nitrogens is 1. The van der Waals surface area contributed by atoms with Crippen molar-refractivity contribution in [3.8, 4) is 0 Å². The van der Waals surface area contributed by atoms with Crippen LogP contribution in [0.3, 0.4) is 0 Å². The quantitative estimate of drug-likeness (QED) is 0.351. The summed E-state index contributed by atoms with van der Waals surface area (Å²) in [5.41, 5.74) is 0. The Kier molecular flexibility index (Phi) is 2.75.